The normalized spacial score (nSPS) is 25.7. The lowest BCUT2D eigenvalue weighted by Gasteiger charge is -2.26. The molecule has 4 atom stereocenters. The number of rotatable bonds is 10. The largest absolute Gasteiger partial charge is 0.349 e. The summed E-state index contributed by atoms with van der Waals surface area (Å²) >= 11 is 0. The van der Waals surface area contributed by atoms with Gasteiger partial charge in [0.1, 0.15) is 12.3 Å². The first-order valence-corrected chi connectivity index (χ1v) is 13.6. The van der Waals surface area contributed by atoms with Crippen LogP contribution in [0.5, 0.6) is 0 Å². The lowest BCUT2D eigenvalue weighted by atomic mass is 9.93. The Morgan fingerprint density at radius 1 is 1.09 bits per heavy atom. The number of hydrogen-bond donors (Lipinski definition) is 2. The topological polar surface area (TPSA) is 95.6 Å². The van der Waals surface area contributed by atoms with Crippen molar-refractivity contribution < 1.29 is 19.2 Å². The molecule has 3 unspecified atom stereocenters. The molecule has 0 radical (unpaired) electrons. The summed E-state index contributed by atoms with van der Waals surface area (Å²) < 4.78 is 0. The molecule has 1 heterocycles. The van der Waals surface area contributed by atoms with E-state index in [2.05, 4.69) is 23.6 Å². The van der Waals surface area contributed by atoms with E-state index < -0.39 is 18.0 Å². The average molecular weight is 492 g/mol. The van der Waals surface area contributed by atoms with Gasteiger partial charge in [0.2, 0.25) is 17.7 Å². The van der Waals surface area contributed by atoms with E-state index in [0.29, 0.717) is 19.1 Å². The molecule has 0 saturated heterocycles. The van der Waals surface area contributed by atoms with Crippen molar-refractivity contribution in [2.75, 3.05) is 14.1 Å². The molecule has 200 valence electrons. The number of nitrogens with one attached hydrogen (secondary N) is 2. The fourth-order valence-electron chi connectivity index (χ4n) is 4.66. The summed E-state index contributed by atoms with van der Waals surface area (Å²) in [4.78, 5) is 52.5. The van der Waals surface area contributed by atoms with Crippen LogP contribution in [0.2, 0.25) is 0 Å². The Bertz CT molecular complexity index is 690. The predicted molar refractivity (Wildman–Crippen MR) is 141 cm³/mol. The quantitative estimate of drug-likeness (QED) is 0.269. The zero-order valence-electron chi connectivity index (χ0n) is 22.7. The average Bonchev–Trinajstić information content (AvgIpc) is 2.81. The molecule has 0 aromatic carbocycles. The fourth-order valence-corrected chi connectivity index (χ4v) is 4.66. The van der Waals surface area contributed by atoms with Crippen molar-refractivity contribution in [2.24, 2.45) is 17.8 Å². The monoisotopic (exact) mass is 491 g/mol. The fraction of sp³-hybridized carbons (Fsp3) is 0.786. The van der Waals surface area contributed by atoms with Crippen molar-refractivity contribution in [3.8, 4) is 0 Å². The van der Waals surface area contributed by atoms with Crippen molar-refractivity contribution in [3.05, 3.63) is 12.2 Å². The van der Waals surface area contributed by atoms with Crippen LogP contribution in [-0.4, -0.2) is 55.1 Å². The molecule has 0 spiro atoms. The van der Waals surface area contributed by atoms with Crippen molar-refractivity contribution in [3.63, 3.8) is 0 Å². The minimum atomic E-state index is -0.782. The summed E-state index contributed by atoms with van der Waals surface area (Å²) in [5.41, 5.74) is 0. The molecule has 7 heteroatoms. The van der Waals surface area contributed by atoms with Gasteiger partial charge in [-0.1, -0.05) is 65.0 Å². The first-order chi connectivity index (χ1) is 16.7. The van der Waals surface area contributed by atoms with Crippen LogP contribution in [0, 0.1) is 17.8 Å². The molecule has 0 bridgehead atoms. The molecule has 0 aromatic rings. The highest BCUT2D eigenvalue weighted by Gasteiger charge is 2.29. The Hall–Kier alpha value is -2.18. The minimum absolute atomic E-state index is 0.0600. The third kappa shape index (κ3) is 12.4. The molecule has 0 fully saturated rings. The Balaban J connectivity index is 3.08. The maximum atomic E-state index is 13.2. The lowest BCUT2D eigenvalue weighted by molar-refractivity contribution is -0.134. The molecular formula is C28H49N3O4. The van der Waals surface area contributed by atoms with Crippen LogP contribution in [-0.2, 0) is 19.2 Å². The second kappa shape index (κ2) is 17.3. The van der Waals surface area contributed by atoms with E-state index in [1.807, 2.05) is 19.9 Å². The Morgan fingerprint density at radius 3 is 2.43 bits per heavy atom. The molecule has 3 amide bonds. The highest BCUT2D eigenvalue weighted by Crippen LogP contribution is 2.21. The molecule has 0 aromatic heterocycles. The summed E-state index contributed by atoms with van der Waals surface area (Å²) in [6, 6.07) is -1.48. The standard InChI is InChI=1S/C28H49N3O4/c1-6-7-8-9-12-15-22-16-13-10-11-14-17-23(28(35)31(4)5)19-24(20-32)29-27(34)25(18-21(2)3)30-26(22)33/h11,14,20-25H,6-10,12-13,15-19H2,1-5H3,(H,29,34)(H,30,33)/b14-11+/t22?,23?,24-,25?/m0/s1. The van der Waals surface area contributed by atoms with Gasteiger partial charge in [-0.05, 0) is 50.9 Å². The summed E-state index contributed by atoms with van der Waals surface area (Å²) in [5, 5.41) is 5.81. The van der Waals surface area contributed by atoms with Gasteiger partial charge in [0.05, 0.1) is 6.04 Å². The van der Waals surface area contributed by atoms with Gasteiger partial charge in [-0.2, -0.15) is 0 Å². The van der Waals surface area contributed by atoms with E-state index >= 15 is 0 Å². The van der Waals surface area contributed by atoms with Gasteiger partial charge in [0.25, 0.3) is 0 Å². The van der Waals surface area contributed by atoms with Crippen molar-refractivity contribution in [1.82, 2.24) is 15.5 Å². The van der Waals surface area contributed by atoms with Crippen molar-refractivity contribution >= 4 is 24.0 Å². The van der Waals surface area contributed by atoms with Gasteiger partial charge in [-0.15, -0.1) is 0 Å². The van der Waals surface area contributed by atoms with Gasteiger partial charge < -0.3 is 20.3 Å². The molecular weight excluding hydrogens is 442 g/mol. The molecule has 35 heavy (non-hydrogen) atoms. The van der Waals surface area contributed by atoms with Crippen molar-refractivity contribution in [2.45, 2.75) is 110 Å². The Kier molecular flexibility index (Phi) is 15.2. The maximum absolute atomic E-state index is 13.2. The number of unbranched alkanes of at least 4 members (excludes halogenated alkanes) is 4. The van der Waals surface area contributed by atoms with E-state index in [-0.39, 0.29) is 36.0 Å². The number of carbonyl (C=O) groups is 4. The third-order valence-electron chi connectivity index (χ3n) is 6.70. The summed E-state index contributed by atoms with van der Waals surface area (Å²) in [7, 11) is 3.40. The number of allylic oxidation sites excluding steroid dienone is 2. The van der Waals surface area contributed by atoms with Crippen molar-refractivity contribution in [1.29, 1.82) is 0 Å². The van der Waals surface area contributed by atoms with Crippen LogP contribution < -0.4 is 10.6 Å². The van der Waals surface area contributed by atoms with Gasteiger partial charge in [0.15, 0.2) is 0 Å². The predicted octanol–water partition coefficient (Wildman–Crippen LogP) is 4.40. The SMILES string of the molecule is CCCCCCCC1CCC/C=C/CC(C(=O)N(C)C)C[C@@H](C=O)NC(=O)C(CC(C)C)NC1=O. The van der Waals surface area contributed by atoms with Crippen LogP contribution in [0.15, 0.2) is 12.2 Å². The van der Waals surface area contributed by atoms with Crippen LogP contribution in [0.3, 0.4) is 0 Å². The number of aldehydes is 1. The summed E-state index contributed by atoms with van der Waals surface area (Å²) in [6.07, 6.45) is 15.1. The maximum Gasteiger partial charge on any atom is 0.243 e. The lowest BCUT2D eigenvalue weighted by Crippen LogP contribution is -2.52. The first-order valence-electron chi connectivity index (χ1n) is 13.6. The zero-order valence-corrected chi connectivity index (χ0v) is 22.7. The minimum Gasteiger partial charge on any atom is -0.349 e. The molecule has 1 aliphatic rings. The summed E-state index contributed by atoms with van der Waals surface area (Å²) in [6.45, 7) is 6.21. The number of hydrogen-bond acceptors (Lipinski definition) is 4. The zero-order chi connectivity index (χ0) is 26.2. The molecule has 0 saturated carbocycles. The number of carbonyl (C=O) groups excluding carboxylic acids is 4. The van der Waals surface area contributed by atoms with E-state index in [0.717, 1.165) is 38.5 Å². The van der Waals surface area contributed by atoms with E-state index in [1.54, 1.807) is 14.1 Å². The molecule has 0 aliphatic carbocycles. The van der Waals surface area contributed by atoms with E-state index in [9.17, 15) is 19.2 Å². The molecule has 7 nitrogen and oxygen atoms in total. The van der Waals surface area contributed by atoms with Crippen LogP contribution in [0.25, 0.3) is 0 Å². The molecule has 1 rings (SSSR count). The second-order valence-corrected chi connectivity index (χ2v) is 10.6. The van der Waals surface area contributed by atoms with Gasteiger partial charge in [-0.25, -0.2) is 0 Å². The molecule has 1 aliphatic heterocycles. The molecule has 2 N–H and O–H groups in total. The second-order valence-electron chi connectivity index (χ2n) is 10.6. The van der Waals surface area contributed by atoms with Crippen LogP contribution >= 0.6 is 0 Å². The van der Waals surface area contributed by atoms with Crippen LogP contribution in [0.4, 0.5) is 0 Å². The van der Waals surface area contributed by atoms with E-state index in [4.69, 9.17) is 0 Å². The van der Waals surface area contributed by atoms with E-state index in [1.165, 1.54) is 24.2 Å². The van der Waals surface area contributed by atoms with Gasteiger partial charge in [-0.3, -0.25) is 14.4 Å². The third-order valence-corrected chi connectivity index (χ3v) is 6.70. The Labute approximate surface area is 212 Å². The Morgan fingerprint density at radius 2 is 1.80 bits per heavy atom. The van der Waals surface area contributed by atoms with Crippen LogP contribution in [0.1, 0.15) is 97.8 Å². The first kappa shape index (κ1) is 30.9. The smallest absolute Gasteiger partial charge is 0.243 e. The van der Waals surface area contributed by atoms with Gasteiger partial charge >= 0.3 is 0 Å². The highest BCUT2D eigenvalue weighted by atomic mass is 16.2. The van der Waals surface area contributed by atoms with Gasteiger partial charge in [0, 0.05) is 25.9 Å². The number of amides is 3. The highest BCUT2D eigenvalue weighted by molar-refractivity contribution is 5.90. The summed E-state index contributed by atoms with van der Waals surface area (Å²) in [5.74, 6) is -0.799. The number of nitrogens with zero attached hydrogens (tertiary/aromatic N) is 1.